The first kappa shape index (κ1) is 14.4. The maximum absolute atomic E-state index is 5.47. The van der Waals surface area contributed by atoms with Gasteiger partial charge in [0.05, 0.1) is 17.2 Å². The first-order valence-corrected chi connectivity index (χ1v) is 5.50. The number of aliphatic imine (C=N–C) groups is 1. The van der Waals surface area contributed by atoms with Crippen LogP contribution in [0.25, 0.3) is 6.20 Å². The summed E-state index contributed by atoms with van der Waals surface area (Å²) in [6, 6.07) is 0. The number of nitrogens with zero attached hydrogens (tertiary/aromatic N) is 3. The van der Waals surface area contributed by atoms with E-state index in [4.69, 9.17) is 5.73 Å². The van der Waals surface area contributed by atoms with Crippen LogP contribution in [0.1, 0.15) is 39.2 Å². The molecule has 0 aliphatic carbocycles. The van der Waals surface area contributed by atoms with Crippen molar-refractivity contribution in [3.63, 3.8) is 0 Å². The zero-order valence-electron chi connectivity index (χ0n) is 11.1. The van der Waals surface area contributed by atoms with Crippen LogP contribution in [0.3, 0.4) is 0 Å². The lowest BCUT2D eigenvalue weighted by Crippen LogP contribution is -2.05. The van der Waals surface area contributed by atoms with Crippen LogP contribution in [0.2, 0.25) is 0 Å². The topological polar surface area (TPSA) is 56.2 Å². The smallest absolute Gasteiger partial charge is 0.109 e. The summed E-state index contributed by atoms with van der Waals surface area (Å²) in [6.45, 7) is 11.6. The van der Waals surface area contributed by atoms with Crippen molar-refractivity contribution in [2.45, 2.75) is 41.5 Å². The van der Waals surface area contributed by atoms with Gasteiger partial charge in [0.2, 0.25) is 0 Å². The number of amidine groups is 1. The Morgan fingerprint density at radius 2 is 1.94 bits per heavy atom. The van der Waals surface area contributed by atoms with E-state index >= 15 is 0 Å². The molecule has 90 valence electrons. The molecule has 2 N–H and O–H groups in total. The number of allylic oxidation sites excluding steroid dienone is 1. The van der Waals surface area contributed by atoms with E-state index in [-0.39, 0.29) is 0 Å². The molecular formula is C12H22N4. The molecule has 0 aliphatic rings. The fraction of sp³-hybridized carbons (Fsp3) is 0.500. The van der Waals surface area contributed by atoms with Crippen LogP contribution in [0.4, 0.5) is 0 Å². The molecule has 0 aromatic carbocycles. The Labute approximate surface area is 97.9 Å². The second kappa shape index (κ2) is 6.82. The number of hydrogen-bond acceptors (Lipinski definition) is 2. The second-order valence-corrected chi connectivity index (χ2v) is 3.36. The predicted octanol–water partition coefficient (Wildman–Crippen LogP) is 2.72. The second-order valence-electron chi connectivity index (χ2n) is 3.36. The Balaban J connectivity index is 0.00000106. The summed E-state index contributed by atoms with van der Waals surface area (Å²) < 4.78 is 1.94. The Bertz CT molecular complexity index is 382. The number of aryl methyl sites for hydroxylation is 2. The van der Waals surface area contributed by atoms with Gasteiger partial charge in [-0.3, -0.25) is 0 Å². The zero-order valence-corrected chi connectivity index (χ0v) is 11.1. The lowest BCUT2D eigenvalue weighted by Gasteiger charge is -1.98. The van der Waals surface area contributed by atoms with E-state index in [1.807, 2.05) is 51.6 Å². The lowest BCUT2D eigenvalue weighted by molar-refractivity contribution is 1.01. The summed E-state index contributed by atoms with van der Waals surface area (Å²) in [5.74, 6) is 1.51. The molecule has 0 spiro atoms. The van der Waals surface area contributed by atoms with Gasteiger partial charge in [0.25, 0.3) is 0 Å². The minimum Gasteiger partial charge on any atom is -0.387 e. The molecule has 0 bridgehead atoms. The minimum absolute atomic E-state index is 0.563. The molecule has 0 aliphatic heterocycles. The highest BCUT2D eigenvalue weighted by Crippen LogP contribution is 2.05. The van der Waals surface area contributed by atoms with Crippen molar-refractivity contribution in [3.05, 3.63) is 23.4 Å². The molecule has 0 fully saturated rings. The van der Waals surface area contributed by atoms with Crippen molar-refractivity contribution < 1.29 is 0 Å². The van der Waals surface area contributed by atoms with Crippen molar-refractivity contribution in [3.8, 4) is 0 Å². The van der Waals surface area contributed by atoms with Crippen LogP contribution in [0.5, 0.6) is 0 Å². The Morgan fingerprint density at radius 1 is 1.38 bits per heavy atom. The third kappa shape index (κ3) is 4.77. The molecule has 1 heterocycles. The summed E-state index contributed by atoms with van der Waals surface area (Å²) >= 11 is 0. The van der Waals surface area contributed by atoms with Gasteiger partial charge in [0.15, 0.2) is 0 Å². The van der Waals surface area contributed by atoms with Gasteiger partial charge >= 0.3 is 0 Å². The van der Waals surface area contributed by atoms with Gasteiger partial charge in [-0.15, -0.1) is 0 Å². The molecule has 1 aromatic rings. The van der Waals surface area contributed by atoms with Crippen molar-refractivity contribution >= 4 is 12.0 Å². The standard InChI is InChI=1S/C10H16N4.C2H6/c1-7(12-9(3)11)5-14-6-8(2)13-10(14)4;1-2/h5-6H,1-4H3,(H2,11,12);1-2H3/b7-5-;. The van der Waals surface area contributed by atoms with E-state index in [1.54, 1.807) is 6.92 Å². The van der Waals surface area contributed by atoms with E-state index in [0.717, 1.165) is 17.2 Å². The van der Waals surface area contributed by atoms with Crippen LogP contribution in [0, 0.1) is 13.8 Å². The van der Waals surface area contributed by atoms with Crippen LogP contribution < -0.4 is 5.73 Å². The fourth-order valence-corrected chi connectivity index (χ4v) is 1.28. The third-order valence-electron chi connectivity index (χ3n) is 1.72. The first-order valence-electron chi connectivity index (χ1n) is 5.50. The van der Waals surface area contributed by atoms with Crippen LogP contribution in [-0.4, -0.2) is 15.4 Å². The fourth-order valence-electron chi connectivity index (χ4n) is 1.28. The molecule has 1 aromatic heterocycles. The van der Waals surface area contributed by atoms with Crippen molar-refractivity contribution in [1.29, 1.82) is 0 Å². The molecule has 0 unspecified atom stereocenters. The first-order chi connectivity index (χ1) is 7.49. The Kier molecular flexibility index (Phi) is 6.15. The Morgan fingerprint density at radius 3 is 2.31 bits per heavy atom. The van der Waals surface area contributed by atoms with Crippen molar-refractivity contribution in [2.24, 2.45) is 10.7 Å². The molecule has 0 saturated carbocycles. The van der Waals surface area contributed by atoms with Crippen LogP contribution in [0.15, 0.2) is 16.9 Å². The molecule has 0 atom stereocenters. The van der Waals surface area contributed by atoms with E-state index in [0.29, 0.717) is 5.84 Å². The van der Waals surface area contributed by atoms with Gasteiger partial charge in [0.1, 0.15) is 5.82 Å². The number of nitrogens with two attached hydrogens (primary N) is 1. The molecule has 16 heavy (non-hydrogen) atoms. The molecule has 4 nitrogen and oxygen atoms in total. The molecule has 4 heteroatoms. The van der Waals surface area contributed by atoms with E-state index in [1.165, 1.54) is 0 Å². The SMILES string of the molecule is CC.CC(N)=N/C(C)=C\n1cc(C)nc1C. The highest BCUT2D eigenvalue weighted by atomic mass is 15.1. The predicted molar refractivity (Wildman–Crippen MR) is 70.3 cm³/mol. The molecular weight excluding hydrogens is 200 g/mol. The highest BCUT2D eigenvalue weighted by molar-refractivity contribution is 5.78. The third-order valence-corrected chi connectivity index (χ3v) is 1.72. The summed E-state index contributed by atoms with van der Waals surface area (Å²) in [4.78, 5) is 8.41. The molecule has 0 amide bonds. The number of imidazole rings is 1. The number of hydrogen-bond donors (Lipinski definition) is 1. The van der Waals surface area contributed by atoms with Gasteiger partial charge < -0.3 is 10.3 Å². The molecule has 1 rings (SSSR count). The average Bonchev–Trinajstić information content (AvgIpc) is 2.47. The summed E-state index contributed by atoms with van der Waals surface area (Å²) in [6.07, 6.45) is 3.87. The summed E-state index contributed by atoms with van der Waals surface area (Å²) in [7, 11) is 0. The highest BCUT2D eigenvalue weighted by Gasteiger charge is 1.97. The number of aromatic nitrogens is 2. The lowest BCUT2D eigenvalue weighted by atomic mass is 10.5. The van der Waals surface area contributed by atoms with E-state index < -0.39 is 0 Å². The monoisotopic (exact) mass is 222 g/mol. The van der Waals surface area contributed by atoms with Crippen LogP contribution >= 0.6 is 0 Å². The van der Waals surface area contributed by atoms with E-state index in [9.17, 15) is 0 Å². The maximum Gasteiger partial charge on any atom is 0.109 e. The van der Waals surface area contributed by atoms with Gasteiger partial charge in [-0.1, -0.05) is 13.8 Å². The molecule has 0 radical (unpaired) electrons. The van der Waals surface area contributed by atoms with Crippen molar-refractivity contribution in [2.75, 3.05) is 0 Å². The van der Waals surface area contributed by atoms with Crippen molar-refractivity contribution in [1.82, 2.24) is 9.55 Å². The van der Waals surface area contributed by atoms with Gasteiger partial charge in [-0.25, -0.2) is 9.98 Å². The van der Waals surface area contributed by atoms with E-state index in [2.05, 4.69) is 9.98 Å². The quantitative estimate of drug-likeness (QED) is 0.618. The van der Waals surface area contributed by atoms with Gasteiger partial charge in [-0.2, -0.15) is 0 Å². The van der Waals surface area contributed by atoms with Gasteiger partial charge in [-0.05, 0) is 27.7 Å². The normalized spacial score (nSPS) is 12.1. The largest absolute Gasteiger partial charge is 0.387 e. The Hall–Kier alpha value is -1.58. The summed E-state index contributed by atoms with van der Waals surface area (Å²) in [5.41, 5.74) is 7.34. The molecule has 0 saturated heterocycles. The van der Waals surface area contributed by atoms with Gasteiger partial charge in [0, 0.05) is 12.4 Å². The average molecular weight is 222 g/mol. The minimum atomic E-state index is 0.563. The maximum atomic E-state index is 5.47. The number of rotatable bonds is 2. The summed E-state index contributed by atoms with van der Waals surface area (Å²) in [5, 5.41) is 0. The van der Waals surface area contributed by atoms with Crippen LogP contribution in [-0.2, 0) is 0 Å². The zero-order chi connectivity index (χ0) is 12.7.